The summed E-state index contributed by atoms with van der Waals surface area (Å²) in [5, 5.41) is 15.9. The van der Waals surface area contributed by atoms with Crippen molar-refractivity contribution < 1.29 is 19.1 Å². The molecule has 0 bridgehead atoms. The lowest BCUT2D eigenvalue weighted by Gasteiger charge is -2.48. The topological polar surface area (TPSA) is 127 Å². The zero-order chi connectivity index (χ0) is 23.7. The number of benzene rings is 1. The van der Waals surface area contributed by atoms with Crippen LogP contribution in [-0.2, 0) is 9.59 Å². The number of likely N-dealkylation sites (tertiary alicyclic amines) is 1. The number of fused-ring (bicyclic) bond motifs is 1. The number of rotatable bonds is 7. The Bertz CT molecular complexity index is 1120. The highest BCUT2D eigenvalue weighted by molar-refractivity contribution is 6.02. The molecule has 9 nitrogen and oxygen atoms in total. The molecule has 1 unspecified atom stereocenters. The second kappa shape index (κ2) is 9.14. The average Bonchev–Trinajstić information content (AvgIpc) is 3.38. The van der Waals surface area contributed by atoms with E-state index in [1.807, 2.05) is 32.0 Å². The van der Waals surface area contributed by atoms with Gasteiger partial charge in [0.1, 0.15) is 23.5 Å². The zero-order valence-electron chi connectivity index (χ0n) is 19.1. The molecule has 4 rings (SSSR count). The first-order valence-electron chi connectivity index (χ1n) is 11.3. The van der Waals surface area contributed by atoms with E-state index in [0.29, 0.717) is 31.0 Å². The van der Waals surface area contributed by atoms with Gasteiger partial charge in [-0.25, -0.2) is 0 Å². The average molecular weight is 452 g/mol. The predicted octanol–water partition coefficient (Wildman–Crippen LogP) is 1.81. The number of nitrogens with one attached hydrogen (secondary N) is 3. The number of ether oxygens (including phenoxy) is 1. The fourth-order valence-electron chi connectivity index (χ4n) is 4.79. The molecule has 2 aromatic rings. The summed E-state index contributed by atoms with van der Waals surface area (Å²) in [4.78, 5) is 43.1. The maximum absolute atomic E-state index is 13.3. The van der Waals surface area contributed by atoms with E-state index in [-0.39, 0.29) is 41.9 Å². The molecule has 0 aliphatic carbocycles. The van der Waals surface area contributed by atoms with Crippen LogP contribution in [0.3, 0.4) is 0 Å². The molecule has 3 amide bonds. The summed E-state index contributed by atoms with van der Waals surface area (Å²) in [5.41, 5.74) is 1.16. The molecule has 0 radical (unpaired) electrons. The maximum atomic E-state index is 13.3. The lowest BCUT2D eigenvalue weighted by Crippen LogP contribution is -2.66. The standard InChI is InChI=1S/C24H29N5O4/c1-13(2)17-12-29(24(32)19-10-16-18(28-19)5-4-6-20(16)33-3)21(17)23(31)27-15(11-25)9-14-7-8-26-22(14)30/h4-6,10,13-15,17,21,28H,7-9,12H2,1-3H3,(H,26,30)(H,27,31)/t14-,15-,17+,21?/m0/s1. The van der Waals surface area contributed by atoms with E-state index in [2.05, 4.69) is 21.7 Å². The van der Waals surface area contributed by atoms with Crippen LogP contribution in [0, 0.1) is 29.1 Å². The van der Waals surface area contributed by atoms with Gasteiger partial charge in [0.25, 0.3) is 5.91 Å². The number of nitriles is 1. The molecular formula is C24H29N5O4. The molecule has 9 heteroatoms. The van der Waals surface area contributed by atoms with Crippen LogP contribution in [-0.4, -0.2) is 59.9 Å². The first kappa shape index (κ1) is 22.6. The number of nitrogens with zero attached hydrogens (tertiary/aromatic N) is 2. The van der Waals surface area contributed by atoms with Crippen molar-refractivity contribution in [3.8, 4) is 11.8 Å². The van der Waals surface area contributed by atoms with Crippen molar-refractivity contribution in [2.45, 2.75) is 38.8 Å². The van der Waals surface area contributed by atoms with Crippen molar-refractivity contribution in [2.24, 2.45) is 17.8 Å². The van der Waals surface area contributed by atoms with E-state index >= 15 is 0 Å². The Morgan fingerprint density at radius 1 is 1.36 bits per heavy atom. The number of methoxy groups -OCH3 is 1. The second-order valence-electron chi connectivity index (χ2n) is 9.12. The number of hydrogen-bond donors (Lipinski definition) is 3. The Hall–Kier alpha value is -3.54. The third-order valence-corrected chi connectivity index (χ3v) is 6.76. The summed E-state index contributed by atoms with van der Waals surface area (Å²) in [6, 6.07) is 7.92. The fourth-order valence-corrected chi connectivity index (χ4v) is 4.79. The van der Waals surface area contributed by atoms with Crippen LogP contribution in [0.5, 0.6) is 5.75 Å². The van der Waals surface area contributed by atoms with E-state index in [1.165, 1.54) is 0 Å². The highest BCUT2D eigenvalue weighted by atomic mass is 16.5. The summed E-state index contributed by atoms with van der Waals surface area (Å²) < 4.78 is 5.38. The van der Waals surface area contributed by atoms with E-state index in [4.69, 9.17) is 4.74 Å². The first-order valence-corrected chi connectivity index (χ1v) is 11.3. The molecule has 2 aliphatic rings. The number of aromatic amines is 1. The van der Waals surface area contributed by atoms with Crippen LogP contribution >= 0.6 is 0 Å². The van der Waals surface area contributed by atoms with Crippen molar-refractivity contribution in [1.29, 1.82) is 5.26 Å². The van der Waals surface area contributed by atoms with Gasteiger partial charge < -0.3 is 25.3 Å². The van der Waals surface area contributed by atoms with E-state index in [1.54, 1.807) is 18.1 Å². The molecule has 33 heavy (non-hydrogen) atoms. The normalized spacial score (nSPS) is 23.1. The SMILES string of the molecule is COc1cccc2[nH]c(C(=O)N3C[C@H](C(C)C)C3C(=O)N[C@H](C#N)C[C@@H]3CCNC3=O)cc12. The molecule has 1 aromatic carbocycles. The van der Waals surface area contributed by atoms with Gasteiger partial charge in [-0.2, -0.15) is 5.26 Å². The Labute approximate surface area is 192 Å². The highest BCUT2D eigenvalue weighted by Crippen LogP contribution is 2.34. The summed E-state index contributed by atoms with van der Waals surface area (Å²) in [5.74, 6) is -0.152. The lowest BCUT2D eigenvalue weighted by atomic mass is 9.79. The second-order valence-corrected chi connectivity index (χ2v) is 9.12. The third kappa shape index (κ3) is 4.25. The number of hydrogen-bond acceptors (Lipinski definition) is 5. The van der Waals surface area contributed by atoms with Gasteiger partial charge in [0, 0.05) is 35.8 Å². The number of H-pyrrole nitrogens is 1. The van der Waals surface area contributed by atoms with Gasteiger partial charge in [0.2, 0.25) is 11.8 Å². The summed E-state index contributed by atoms with van der Waals surface area (Å²) >= 11 is 0. The van der Waals surface area contributed by atoms with Crippen LogP contribution in [0.15, 0.2) is 24.3 Å². The summed E-state index contributed by atoms with van der Waals surface area (Å²) in [6.07, 6.45) is 0.919. The minimum Gasteiger partial charge on any atom is -0.496 e. The van der Waals surface area contributed by atoms with Crippen molar-refractivity contribution >= 4 is 28.6 Å². The van der Waals surface area contributed by atoms with Crippen molar-refractivity contribution in [2.75, 3.05) is 20.2 Å². The zero-order valence-corrected chi connectivity index (χ0v) is 19.1. The Morgan fingerprint density at radius 3 is 2.79 bits per heavy atom. The van der Waals surface area contributed by atoms with Gasteiger partial charge in [0.05, 0.1) is 13.2 Å². The predicted molar refractivity (Wildman–Crippen MR) is 121 cm³/mol. The molecule has 0 spiro atoms. The third-order valence-electron chi connectivity index (χ3n) is 6.76. The van der Waals surface area contributed by atoms with Gasteiger partial charge in [-0.3, -0.25) is 14.4 Å². The lowest BCUT2D eigenvalue weighted by molar-refractivity contribution is -0.135. The molecule has 0 saturated carbocycles. The molecular weight excluding hydrogens is 422 g/mol. The van der Waals surface area contributed by atoms with Gasteiger partial charge in [0.15, 0.2) is 0 Å². The van der Waals surface area contributed by atoms with Crippen molar-refractivity contribution in [1.82, 2.24) is 20.5 Å². The molecule has 4 atom stereocenters. The van der Waals surface area contributed by atoms with E-state index in [9.17, 15) is 19.6 Å². The van der Waals surface area contributed by atoms with Gasteiger partial charge >= 0.3 is 0 Å². The minimum atomic E-state index is -0.783. The Balaban J connectivity index is 1.51. The van der Waals surface area contributed by atoms with Crippen LogP contribution in [0.25, 0.3) is 10.9 Å². The van der Waals surface area contributed by atoms with Crippen LogP contribution in [0.2, 0.25) is 0 Å². The summed E-state index contributed by atoms with van der Waals surface area (Å²) in [7, 11) is 1.58. The number of carbonyl (C=O) groups is 3. The van der Waals surface area contributed by atoms with Crippen LogP contribution in [0.1, 0.15) is 37.2 Å². The summed E-state index contributed by atoms with van der Waals surface area (Å²) in [6.45, 7) is 5.09. The van der Waals surface area contributed by atoms with Crippen molar-refractivity contribution in [3.63, 3.8) is 0 Å². The first-order chi connectivity index (χ1) is 15.8. The molecule has 2 saturated heterocycles. The largest absolute Gasteiger partial charge is 0.496 e. The number of carbonyl (C=O) groups excluding carboxylic acids is 3. The smallest absolute Gasteiger partial charge is 0.271 e. The molecule has 174 valence electrons. The number of aromatic nitrogens is 1. The van der Waals surface area contributed by atoms with Gasteiger partial charge in [-0.15, -0.1) is 0 Å². The molecule has 3 N–H and O–H groups in total. The van der Waals surface area contributed by atoms with E-state index in [0.717, 1.165) is 10.9 Å². The van der Waals surface area contributed by atoms with Crippen molar-refractivity contribution in [3.05, 3.63) is 30.0 Å². The van der Waals surface area contributed by atoms with E-state index < -0.39 is 12.1 Å². The molecule has 2 fully saturated rings. The Morgan fingerprint density at radius 2 is 2.15 bits per heavy atom. The molecule has 1 aromatic heterocycles. The highest BCUT2D eigenvalue weighted by Gasteiger charge is 2.48. The Kier molecular flexibility index (Phi) is 6.27. The quantitative estimate of drug-likeness (QED) is 0.592. The van der Waals surface area contributed by atoms with Gasteiger partial charge in [-0.1, -0.05) is 19.9 Å². The minimum absolute atomic E-state index is 0.0120. The van der Waals surface area contributed by atoms with Crippen LogP contribution in [0.4, 0.5) is 0 Å². The van der Waals surface area contributed by atoms with Crippen LogP contribution < -0.4 is 15.4 Å². The number of amides is 3. The van der Waals surface area contributed by atoms with Gasteiger partial charge in [-0.05, 0) is 37.0 Å². The molecule has 2 aliphatic heterocycles. The maximum Gasteiger partial charge on any atom is 0.271 e. The fraction of sp³-hybridized carbons (Fsp3) is 0.500. The monoisotopic (exact) mass is 451 g/mol. The molecule has 3 heterocycles.